The largest absolute Gasteiger partial charge is 0.481 e. The summed E-state index contributed by atoms with van der Waals surface area (Å²) in [5, 5.41) is 9.21. The Morgan fingerprint density at radius 1 is 1.53 bits per heavy atom. The van der Waals surface area contributed by atoms with Gasteiger partial charge < -0.3 is 10.0 Å². The van der Waals surface area contributed by atoms with Gasteiger partial charge in [-0.25, -0.2) is 4.39 Å². The van der Waals surface area contributed by atoms with E-state index in [2.05, 4.69) is 4.90 Å². The number of benzene rings is 1. The lowest BCUT2D eigenvalue weighted by molar-refractivity contribution is -0.144. The number of hydrogen-bond acceptors (Lipinski definition) is 2. The maximum Gasteiger partial charge on any atom is 0.307 e. The smallest absolute Gasteiger partial charge is 0.307 e. The van der Waals surface area contributed by atoms with Crippen molar-refractivity contribution < 1.29 is 14.3 Å². The summed E-state index contributed by atoms with van der Waals surface area (Å²) in [6, 6.07) is 6.27. The molecule has 1 saturated heterocycles. The van der Waals surface area contributed by atoms with Crippen molar-refractivity contribution in [2.24, 2.45) is 5.92 Å². The summed E-state index contributed by atoms with van der Waals surface area (Å²) in [5.41, 5.74) is 0.781. The maximum absolute atomic E-state index is 13.2. The number of hydrogen-bond donors (Lipinski definition) is 1. The van der Waals surface area contributed by atoms with Gasteiger partial charge in [0.15, 0.2) is 0 Å². The Morgan fingerprint density at radius 3 is 2.94 bits per heavy atom. The average molecular weight is 237 g/mol. The summed E-state index contributed by atoms with van der Waals surface area (Å²) in [6.07, 6.45) is 0.618. The van der Waals surface area contributed by atoms with Gasteiger partial charge in [-0.05, 0) is 37.7 Å². The Morgan fingerprint density at radius 2 is 2.29 bits per heavy atom. The van der Waals surface area contributed by atoms with Gasteiger partial charge >= 0.3 is 5.97 Å². The Balaban J connectivity index is 2.28. The zero-order valence-electron chi connectivity index (χ0n) is 9.77. The third-order valence-corrected chi connectivity index (χ3v) is 3.41. The van der Waals surface area contributed by atoms with E-state index in [1.807, 2.05) is 13.1 Å². The summed E-state index contributed by atoms with van der Waals surface area (Å²) in [4.78, 5) is 13.3. The van der Waals surface area contributed by atoms with Crippen LogP contribution in [0.5, 0.6) is 0 Å². The summed E-state index contributed by atoms with van der Waals surface area (Å²) in [7, 11) is 1.96. The lowest BCUT2D eigenvalue weighted by atomic mass is 9.81. The van der Waals surface area contributed by atoms with Crippen LogP contribution in [0.3, 0.4) is 0 Å². The molecule has 4 heteroatoms. The van der Waals surface area contributed by atoms with Crippen LogP contribution in [0.25, 0.3) is 0 Å². The van der Waals surface area contributed by atoms with E-state index in [0.717, 1.165) is 12.1 Å². The topological polar surface area (TPSA) is 40.5 Å². The highest BCUT2D eigenvalue weighted by atomic mass is 19.1. The normalized spacial score (nSPS) is 25.8. The number of carboxylic acid groups (broad SMARTS) is 1. The number of likely N-dealkylation sites (tertiary alicyclic amines) is 1. The molecule has 2 rings (SSSR count). The van der Waals surface area contributed by atoms with Crippen molar-refractivity contribution in [3.05, 3.63) is 35.6 Å². The van der Waals surface area contributed by atoms with Crippen LogP contribution in [-0.4, -0.2) is 36.1 Å². The molecule has 0 amide bonds. The molecule has 1 aromatic rings. The SMILES string of the molecule is CN1CC[C@@H](C(=O)O)[C@H](c2cccc(F)c2)C1. The van der Waals surface area contributed by atoms with Gasteiger partial charge in [0.05, 0.1) is 5.92 Å². The van der Waals surface area contributed by atoms with Crippen molar-refractivity contribution in [2.75, 3.05) is 20.1 Å². The third-order valence-electron chi connectivity index (χ3n) is 3.41. The highest BCUT2D eigenvalue weighted by molar-refractivity contribution is 5.71. The van der Waals surface area contributed by atoms with Gasteiger partial charge in [-0.15, -0.1) is 0 Å². The quantitative estimate of drug-likeness (QED) is 0.854. The first-order chi connectivity index (χ1) is 8.08. The Hall–Kier alpha value is -1.42. The molecule has 0 aromatic heterocycles. The van der Waals surface area contributed by atoms with Crippen molar-refractivity contribution in [3.8, 4) is 0 Å². The minimum Gasteiger partial charge on any atom is -0.481 e. The highest BCUT2D eigenvalue weighted by Crippen LogP contribution is 2.32. The first-order valence-corrected chi connectivity index (χ1v) is 5.74. The van der Waals surface area contributed by atoms with E-state index in [1.54, 1.807) is 6.07 Å². The molecule has 92 valence electrons. The van der Waals surface area contributed by atoms with Gasteiger partial charge in [0.2, 0.25) is 0 Å². The van der Waals surface area contributed by atoms with E-state index >= 15 is 0 Å². The molecule has 0 aliphatic carbocycles. The minimum absolute atomic E-state index is 0.123. The highest BCUT2D eigenvalue weighted by Gasteiger charge is 2.33. The van der Waals surface area contributed by atoms with E-state index in [9.17, 15) is 14.3 Å². The zero-order chi connectivity index (χ0) is 12.4. The lowest BCUT2D eigenvalue weighted by Gasteiger charge is -2.34. The van der Waals surface area contributed by atoms with Crippen LogP contribution in [0.4, 0.5) is 4.39 Å². The number of piperidine rings is 1. The van der Waals surface area contributed by atoms with Gasteiger partial charge in [-0.1, -0.05) is 12.1 Å². The second-order valence-electron chi connectivity index (χ2n) is 4.66. The zero-order valence-corrected chi connectivity index (χ0v) is 9.77. The van der Waals surface area contributed by atoms with E-state index in [0.29, 0.717) is 13.0 Å². The first-order valence-electron chi connectivity index (χ1n) is 5.74. The predicted octanol–water partition coefficient (Wildman–Crippen LogP) is 1.95. The van der Waals surface area contributed by atoms with Crippen LogP contribution in [0.2, 0.25) is 0 Å². The van der Waals surface area contributed by atoms with E-state index in [4.69, 9.17) is 0 Å². The van der Waals surface area contributed by atoms with Crippen molar-refractivity contribution in [1.29, 1.82) is 0 Å². The fourth-order valence-electron chi connectivity index (χ4n) is 2.49. The number of carboxylic acids is 1. The monoisotopic (exact) mass is 237 g/mol. The first kappa shape index (κ1) is 12.0. The van der Waals surface area contributed by atoms with Gasteiger partial charge in [-0.3, -0.25) is 4.79 Å². The van der Waals surface area contributed by atoms with Gasteiger partial charge in [-0.2, -0.15) is 0 Å². The van der Waals surface area contributed by atoms with Gasteiger partial charge in [0.25, 0.3) is 0 Å². The second-order valence-corrected chi connectivity index (χ2v) is 4.66. The van der Waals surface area contributed by atoms with Crippen LogP contribution in [-0.2, 0) is 4.79 Å². The number of carbonyl (C=O) groups is 1. The molecule has 1 aliphatic heterocycles. The van der Waals surface area contributed by atoms with Crippen molar-refractivity contribution in [1.82, 2.24) is 4.90 Å². The minimum atomic E-state index is -0.785. The third kappa shape index (κ3) is 2.64. The molecule has 1 N–H and O–H groups in total. The molecule has 0 saturated carbocycles. The van der Waals surface area contributed by atoms with E-state index in [1.165, 1.54) is 12.1 Å². The molecule has 0 radical (unpaired) electrons. The fourth-order valence-corrected chi connectivity index (χ4v) is 2.49. The maximum atomic E-state index is 13.2. The molecule has 1 aliphatic rings. The fraction of sp³-hybridized carbons (Fsp3) is 0.462. The van der Waals surface area contributed by atoms with Crippen LogP contribution in [0.15, 0.2) is 24.3 Å². The van der Waals surface area contributed by atoms with Crippen molar-refractivity contribution in [3.63, 3.8) is 0 Å². The van der Waals surface area contributed by atoms with Gasteiger partial charge in [0.1, 0.15) is 5.82 Å². The molecule has 1 heterocycles. The molecule has 3 nitrogen and oxygen atoms in total. The average Bonchev–Trinajstić information content (AvgIpc) is 2.28. The van der Waals surface area contributed by atoms with E-state index in [-0.39, 0.29) is 11.7 Å². The molecule has 2 atom stereocenters. The molecular weight excluding hydrogens is 221 g/mol. The molecule has 0 spiro atoms. The van der Waals surface area contributed by atoms with E-state index < -0.39 is 11.9 Å². The number of likely N-dealkylation sites (N-methyl/N-ethyl adjacent to an activating group) is 1. The van der Waals surface area contributed by atoms with Crippen LogP contribution < -0.4 is 0 Å². The Labute approximate surface area is 99.9 Å². The van der Waals surface area contributed by atoms with Crippen molar-refractivity contribution >= 4 is 5.97 Å². The lowest BCUT2D eigenvalue weighted by Crippen LogP contribution is -2.39. The summed E-state index contributed by atoms with van der Waals surface area (Å²) in [6.45, 7) is 1.45. The Kier molecular flexibility index (Phi) is 3.43. The molecule has 17 heavy (non-hydrogen) atoms. The van der Waals surface area contributed by atoms with Crippen LogP contribution >= 0.6 is 0 Å². The standard InChI is InChI=1S/C13H16FNO2/c1-15-6-5-11(13(16)17)12(8-15)9-3-2-4-10(14)7-9/h2-4,7,11-12H,5-6,8H2,1H3,(H,16,17)/t11-,12+/m1/s1. The second kappa shape index (κ2) is 4.84. The van der Waals surface area contributed by atoms with Crippen LogP contribution in [0, 0.1) is 11.7 Å². The molecular formula is C13H16FNO2. The number of nitrogens with zero attached hydrogens (tertiary/aromatic N) is 1. The van der Waals surface area contributed by atoms with Crippen LogP contribution in [0.1, 0.15) is 17.9 Å². The summed E-state index contributed by atoms with van der Waals surface area (Å²) < 4.78 is 13.2. The number of aliphatic carboxylic acids is 1. The number of halogens is 1. The van der Waals surface area contributed by atoms with Crippen molar-refractivity contribution in [2.45, 2.75) is 12.3 Å². The molecule has 1 aromatic carbocycles. The predicted molar refractivity (Wildman–Crippen MR) is 62.4 cm³/mol. The summed E-state index contributed by atoms with van der Waals surface area (Å²) >= 11 is 0. The Bertz CT molecular complexity index is 422. The molecule has 0 bridgehead atoms. The molecule has 0 unspecified atom stereocenters. The number of rotatable bonds is 2. The molecule has 1 fully saturated rings. The summed E-state index contributed by atoms with van der Waals surface area (Å²) in [5.74, 6) is -1.62. The van der Waals surface area contributed by atoms with Gasteiger partial charge in [0, 0.05) is 12.5 Å².